The molecule has 1 atom stereocenters. The molecule has 0 aromatic carbocycles. The zero-order chi connectivity index (χ0) is 7.82. The molecule has 0 aliphatic carbocycles. The average Bonchev–Trinajstić information content (AvgIpc) is 1.99. The summed E-state index contributed by atoms with van der Waals surface area (Å²) < 4.78 is 0. The summed E-state index contributed by atoms with van der Waals surface area (Å²) in [7, 11) is 0. The van der Waals surface area contributed by atoms with E-state index < -0.39 is 0 Å². The number of unbranched alkanes of at least 4 members (excludes halogenated alkanes) is 2. The molecule has 0 aliphatic rings. The van der Waals surface area contributed by atoms with Crippen LogP contribution in [0.1, 0.15) is 46.0 Å². The van der Waals surface area contributed by atoms with E-state index in [4.69, 9.17) is 0 Å². The normalized spacial score (nSPS) is 13.0. The molecule has 0 fully saturated rings. The predicted molar refractivity (Wildman–Crippen MR) is 44.0 cm³/mol. The standard InChI is InChI=1S/C8H17NO/c1-3-5-6-7-8(4-2)9-10/h8H,3-7H2,1-2H3. The van der Waals surface area contributed by atoms with Crippen molar-refractivity contribution in [3.63, 3.8) is 0 Å². The van der Waals surface area contributed by atoms with E-state index in [1.807, 2.05) is 6.92 Å². The third kappa shape index (κ3) is 4.48. The van der Waals surface area contributed by atoms with Gasteiger partial charge in [-0.05, 0) is 12.8 Å². The Balaban J connectivity index is 3.17. The fraction of sp³-hybridized carbons (Fsp3) is 1.00. The molecule has 0 saturated heterocycles. The Morgan fingerprint density at radius 3 is 2.40 bits per heavy atom. The molecule has 0 aromatic heterocycles. The van der Waals surface area contributed by atoms with Crippen molar-refractivity contribution in [2.45, 2.75) is 52.0 Å². The molecular weight excluding hydrogens is 126 g/mol. The van der Waals surface area contributed by atoms with Crippen molar-refractivity contribution in [3.8, 4) is 0 Å². The Hall–Kier alpha value is -0.400. The monoisotopic (exact) mass is 143 g/mol. The second-order valence-electron chi connectivity index (χ2n) is 2.66. The van der Waals surface area contributed by atoms with Crippen LogP contribution in [0.25, 0.3) is 0 Å². The summed E-state index contributed by atoms with van der Waals surface area (Å²) in [6.07, 6.45) is 5.48. The number of rotatable bonds is 6. The smallest absolute Gasteiger partial charge is 0.0917 e. The molecule has 0 rings (SSSR count). The predicted octanol–water partition coefficient (Wildman–Crippen LogP) is 3.11. The van der Waals surface area contributed by atoms with Crippen LogP contribution in [0.4, 0.5) is 0 Å². The molecule has 0 N–H and O–H groups in total. The SMILES string of the molecule is CCCCCC(CC)N=O. The van der Waals surface area contributed by atoms with Crippen LogP contribution < -0.4 is 0 Å². The fourth-order valence-electron chi connectivity index (χ4n) is 0.961. The molecule has 60 valence electrons. The molecule has 0 saturated carbocycles. The quantitative estimate of drug-likeness (QED) is 0.415. The van der Waals surface area contributed by atoms with Crippen molar-refractivity contribution in [2.75, 3.05) is 0 Å². The van der Waals surface area contributed by atoms with Crippen LogP contribution in [0.5, 0.6) is 0 Å². The van der Waals surface area contributed by atoms with Gasteiger partial charge in [0.25, 0.3) is 0 Å². The van der Waals surface area contributed by atoms with Crippen LogP contribution >= 0.6 is 0 Å². The van der Waals surface area contributed by atoms with E-state index in [1.165, 1.54) is 12.8 Å². The third-order valence-corrected chi connectivity index (χ3v) is 1.76. The first-order chi connectivity index (χ1) is 4.85. The first-order valence-electron chi connectivity index (χ1n) is 4.17. The van der Waals surface area contributed by atoms with Crippen molar-refractivity contribution >= 4 is 0 Å². The van der Waals surface area contributed by atoms with E-state index in [9.17, 15) is 4.91 Å². The molecule has 0 spiro atoms. The zero-order valence-electron chi connectivity index (χ0n) is 6.97. The molecule has 0 bridgehead atoms. The lowest BCUT2D eigenvalue weighted by atomic mass is 10.1. The Kier molecular flexibility index (Phi) is 6.45. The van der Waals surface area contributed by atoms with E-state index in [2.05, 4.69) is 12.1 Å². The zero-order valence-corrected chi connectivity index (χ0v) is 6.97. The highest BCUT2D eigenvalue weighted by Crippen LogP contribution is 2.08. The molecule has 0 amide bonds. The Labute approximate surface area is 63.0 Å². The van der Waals surface area contributed by atoms with Gasteiger partial charge in [0.05, 0.1) is 6.04 Å². The van der Waals surface area contributed by atoms with Crippen LogP contribution in [-0.4, -0.2) is 6.04 Å². The molecule has 0 aliphatic heterocycles. The van der Waals surface area contributed by atoms with Crippen molar-refractivity contribution in [1.82, 2.24) is 0 Å². The molecule has 10 heavy (non-hydrogen) atoms. The number of hydrogen-bond acceptors (Lipinski definition) is 2. The number of hydrogen-bond donors (Lipinski definition) is 0. The van der Waals surface area contributed by atoms with E-state index in [-0.39, 0.29) is 6.04 Å². The summed E-state index contributed by atoms with van der Waals surface area (Å²) in [6.45, 7) is 4.17. The van der Waals surface area contributed by atoms with E-state index in [0.29, 0.717) is 0 Å². The summed E-state index contributed by atoms with van der Waals surface area (Å²) in [4.78, 5) is 10.1. The van der Waals surface area contributed by atoms with Crippen molar-refractivity contribution in [3.05, 3.63) is 4.91 Å². The van der Waals surface area contributed by atoms with E-state index in [0.717, 1.165) is 19.3 Å². The fourth-order valence-corrected chi connectivity index (χ4v) is 0.961. The minimum Gasteiger partial charge on any atom is -0.151 e. The molecule has 0 aromatic rings. The highest BCUT2D eigenvalue weighted by atomic mass is 16.3. The summed E-state index contributed by atoms with van der Waals surface area (Å²) in [5.74, 6) is 0. The van der Waals surface area contributed by atoms with Gasteiger partial charge in [-0.1, -0.05) is 38.3 Å². The average molecular weight is 143 g/mol. The topological polar surface area (TPSA) is 29.4 Å². The molecule has 1 unspecified atom stereocenters. The van der Waals surface area contributed by atoms with Gasteiger partial charge in [0.2, 0.25) is 0 Å². The maximum Gasteiger partial charge on any atom is 0.0917 e. The van der Waals surface area contributed by atoms with Gasteiger partial charge >= 0.3 is 0 Å². The second-order valence-corrected chi connectivity index (χ2v) is 2.66. The summed E-state index contributed by atoms with van der Waals surface area (Å²) in [5.41, 5.74) is 0. The van der Waals surface area contributed by atoms with Crippen molar-refractivity contribution in [2.24, 2.45) is 5.18 Å². The van der Waals surface area contributed by atoms with Gasteiger partial charge in [0.1, 0.15) is 0 Å². The minimum atomic E-state index is 0.0755. The third-order valence-electron chi connectivity index (χ3n) is 1.76. The van der Waals surface area contributed by atoms with Gasteiger partial charge in [-0.25, -0.2) is 0 Å². The molecular formula is C8H17NO. The van der Waals surface area contributed by atoms with E-state index >= 15 is 0 Å². The van der Waals surface area contributed by atoms with Gasteiger partial charge < -0.3 is 0 Å². The Bertz CT molecular complexity index is 83.3. The van der Waals surface area contributed by atoms with Crippen LogP contribution in [0.2, 0.25) is 0 Å². The number of nitrogens with zero attached hydrogens (tertiary/aromatic N) is 1. The summed E-state index contributed by atoms with van der Waals surface area (Å²) in [5, 5.41) is 3.03. The van der Waals surface area contributed by atoms with Gasteiger partial charge in [-0.3, -0.25) is 0 Å². The van der Waals surface area contributed by atoms with Crippen LogP contribution in [-0.2, 0) is 0 Å². The van der Waals surface area contributed by atoms with Gasteiger partial charge in [-0.2, -0.15) is 4.91 Å². The lowest BCUT2D eigenvalue weighted by Gasteiger charge is -2.03. The largest absolute Gasteiger partial charge is 0.151 e. The lowest BCUT2D eigenvalue weighted by Crippen LogP contribution is -2.00. The maximum atomic E-state index is 10.1. The first-order valence-corrected chi connectivity index (χ1v) is 4.17. The van der Waals surface area contributed by atoms with Crippen molar-refractivity contribution < 1.29 is 0 Å². The van der Waals surface area contributed by atoms with Crippen LogP contribution in [0.3, 0.4) is 0 Å². The van der Waals surface area contributed by atoms with Gasteiger partial charge in [0.15, 0.2) is 0 Å². The Morgan fingerprint density at radius 2 is 2.00 bits per heavy atom. The first kappa shape index (κ1) is 9.60. The maximum absolute atomic E-state index is 10.1. The van der Waals surface area contributed by atoms with Crippen LogP contribution in [0.15, 0.2) is 5.18 Å². The highest BCUT2D eigenvalue weighted by Gasteiger charge is 2.03. The number of nitroso groups, excluding NO2 is 1. The lowest BCUT2D eigenvalue weighted by molar-refractivity contribution is 0.546. The molecule has 2 nitrogen and oxygen atoms in total. The Morgan fingerprint density at radius 1 is 1.30 bits per heavy atom. The summed E-state index contributed by atoms with van der Waals surface area (Å²) in [6, 6.07) is 0.0755. The van der Waals surface area contributed by atoms with Gasteiger partial charge in [0, 0.05) is 0 Å². The van der Waals surface area contributed by atoms with Crippen molar-refractivity contribution in [1.29, 1.82) is 0 Å². The second kappa shape index (κ2) is 6.72. The molecule has 0 radical (unpaired) electrons. The van der Waals surface area contributed by atoms with E-state index in [1.54, 1.807) is 0 Å². The van der Waals surface area contributed by atoms with Crippen LogP contribution in [0, 0.1) is 4.91 Å². The summed E-state index contributed by atoms with van der Waals surface area (Å²) >= 11 is 0. The molecule has 0 heterocycles. The van der Waals surface area contributed by atoms with Gasteiger partial charge in [-0.15, -0.1) is 0 Å². The molecule has 2 heteroatoms. The highest BCUT2D eigenvalue weighted by molar-refractivity contribution is 4.62. The minimum absolute atomic E-state index is 0.0755.